The van der Waals surface area contributed by atoms with Crippen LogP contribution in [0.3, 0.4) is 0 Å². The lowest BCUT2D eigenvalue weighted by Crippen LogP contribution is -1.77. The third-order valence-electron chi connectivity index (χ3n) is 0.491. The van der Waals surface area contributed by atoms with Crippen molar-refractivity contribution in [3.8, 4) is 0 Å². The van der Waals surface area contributed by atoms with E-state index in [1.54, 1.807) is 12.4 Å². The molecule has 0 saturated heterocycles. The zero-order valence-electron chi connectivity index (χ0n) is 3.43. The van der Waals surface area contributed by atoms with Crippen LogP contribution in [0.4, 0.5) is 0 Å². The van der Waals surface area contributed by atoms with Crippen molar-refractivity contribution in [3.63, 3.8) is 0 Å². The molecule has 2 nitrogen and oxygen atoms in total. The summed E-state index contributed by atoms with van der Waals surface area (Å²) in [6, 6.07) is 0. The van der Waals surface area contributed by atoms with Crippen LogP contribution >= 0.6 is 22.6 Å². The van der Waals surface area contributed by atoms with Crippen molar-refractivity contribution in [1.82, 2.24) is 9.97 Å². The minimum absolute atomic E-state index is 0.899. The van der Waals surface area contributed by atoms with Crippen LogP contribution in [0.2, 0.25) is 0 Å². The van der Waals surface area contributed by atoms with Gasteiger partial charge in [0.15, 0.2) is 0 Å². The summed E-state index contributed by atoms with van der Waals surface area (Å²) in [4.78, 5) is 7.54. The zero-order valence-corrected chi connectivity index (χ0v) is 5.58. The maximum absolute atomic E-state index is 3.85. The Morgan fingerprint density at radius 2 is 2.57 bits per heavy atom. The molecule has 0 bridgehead atoms. The van der Waals surface area contributed by atoms with Gasteiger partial charge in [-0.3, -0.25) is 4.98 Å². The van der Waals surface area contributed by atoms with Crippen molar-refractivity contribution in [1.29, 1.82) is 0 Å². The normalized spacial score (nSPS) is 8.71. The molecule has 0 aromatic carbocycles. The Hall–Kier alpha value is -0.190. The lowest BCUT2D eigenvalue weighted by molar-refractivity contribution is 1.15. The summed E-state index contributed by atoms with van der Waals surface area (Å²) < 4.78 is 0.899. The van der Waals surface area contributed by atoms with Crippen LogP contribution in [0, 0.1) is 9.90 Å². The van der Waals surface area contributed by atoms with Crippen molar-refractivity contribution < 1.29 is 0 Å². The Morgan fingerprint density at radius 1 is 1.71 bits per heavy atom. The van der Waals surface area contributed by atoms with Gasteiger partial charge < -0.3 is 0 Å². The second kappa shape index (κ2) is 2.20. The lowest BCUT2D eigenvalue weighted by Gasteiger charge is -1.78. The number of aromatic nitrogens is 2. The number of hydrogen-bond donors (Lipinski definition) is 0. The molecule has 0 aliphatic carbocycles. The van der Waals surface area contributed by atoms with E-state index in [9.17, 15) is 0 Å². The van der Waals surface area contributed by atoms with Crippen LogP contribution in [-0.2, 0) is 0 Å². The van der Waals surface area contributed by atoms with E-state index < -0.39 is 0 Å². The van der Waals surface area contributed by atoms with E-state index in [1.807, 2.05) is 0 Å². The first kappa shape index (κ1) is 4.96. The first-order chi connectivity index (χ1) is 3.39. The van der Waals surface area contributed by atoms with Gasteiger partial charge in [0.05, 0.1) is 12.4 Å². The van der Waals surface area contributed by atoms with E-state index >= 15 is 0 Å². The SMILES string of the molecule is Ic1cn[c]cn1. The van der Waals surface area contributed by atoms with Gasteiger partial charge >= 0.3 is 0 Å². The van der Waals surface area contributed by atoms with Crippen LogP contribution in [0.5, 0.6) is 0 Å². The molecule has 3 heteroatoms. The highest BCUT2D eigenvalue weighted by Crippen LogP contribution is 1.91. The van der Waals surface area contributed by atoms with Gasteiger partial charge in [0.2, 0.25) is 0 Å². The minimum atomic E-state index is 0.899. The predicted molar refractivity (Wildman–Crippen MR) is 33.6 cm³/mol. The average Bonchev–Trinajstić information content (AvgIpc) is 1.69. The van der Waals surface area contributed by atoms with Gasteiger partial charge in [-0.15, -0.1) is 0 Å². The quantitative estimate of drug-likeness (QED) is 0.587. The minimum Gasteiger partial charge on any atom is -0.250 e. The fraction of sp³-hybridized carbons (Fsp3) is 0. The van der Waals surface area contributed by atoms with E-state index in [4.69, 9.17) is 0 Å². The predicted octanol–water partition coefficient (Wildman–Crippen LogP) is 0.881. The van der Waals surface area contributed by atoms with Gasteiger partial charge in [0.25, 0.3) is 0 Å². The summed E-state index contributed by atoms with van der Waals surface area (Å²) in [7, 11) is 0. The zero-order chi connectivity index (χ0) is 5.11. The highest BCUT2D eigenvalue weighted by molar-refractivity contribution is 14.1. The van der Waals surface area contributed by atoms with Gasteiger partial charge in [0, 0.05) is 0 Å². The van der Waals surface area contributed by atoms with Gasteiger partial charge in [-0.05, 0) is 22.6 Å². The average molecular weight is 205 g/mol. The van der Waals surface area contributed by atoms with Gasteiger partial charge in [0.1, 0.15) is 9.90 Å². The maximum atomic E-state index is 3.85. The molecule has 1 rings (SSSR count). The molecule has 0 N–H and O–H groups in total. The van der Waals surface area contributed by atoms with Gasteiger partial charge in [-0.25, -0.2) is 4.98 Å². The van der Waals surface area contributed by atoms with Crippen LogP contribution in [0.15, 0.2) is 12.4 Å². The summed E-state index contributed by atoms with van der Waals surface area (Å²) in [5, 5.41) is 0. The molecular formula is C4H2IN2. The molecule has 7 heavy (non-hydrogen) atoms. The van der Waals surface area contributed by atoms with Gasteiger partial charge in [-0.2, -0.15) is 0 Å². The third kappa shape index (κ3) is 1.38. The standard InChI is InChI=1S/C4H2IN2/c5-4-3-6-1-2-7-4/h2-3H. The van der Waals surface area contributed by atoms with Crippen LogP contribution in [0.1, 0.15) is 0 Å². The van der Waals surface area contributed by atoms with E-state index in [0.717, 1.165) is 3.70 Å². The Kier molecular flexibility index (Phi) is 1.56. The molecule has 0 aliphatic heterocycles. The first-order valence-corrected chi connectivity index (χ1v) is 2.81. The first-order valence-electron chi connectivity index (χ1n) is 1.73. The fourth-order valence-electron chi connectivity index (χ4n) is 0.248. The number of halogens is 1. The number of nitrogens with zero attached hydrogens (tertiary/aromatic N) is 2. The van der Waals surface area contributed by atoms with Crippen molar-refractivity contribution >= 4 is 22.6 Å². The van der Waals surface area contributed by atoms with E-state index in [1.165, 1.54) is 0 Å². The van der Waals surface area contributed by atoms with Crippen LogP contribution < -0.4 is 0 Å². The number of rotatable bonds is 0. The molecule has 0 aliphatic rings. The Bertz CT molecular complexity index is 140. The summed E-state index contributed by atoms with van der Waals surface area (Å²) in [6.07, 6.45) is 5.76. The monoisotopic (exact) mass is 205 g/mol. The van der Waals surface area contributed by atoms with Crippen molar-refractivity contribution in [2.24, 2.45) is 0 Å². The molecule has 1 aromatic rings. The van der Waals surface area contributed by atoms with E-state index in [0.29, 0.717) is 0 Å². The second-order valence-corrected chi connectivity index (χ2v) is 2.07. The Balaban J connectivity index is 3.02. The fourth-order valence-corrected chi connectivity index (χ4v) is 0.526. The lowest BCUT2D eigenvalue weighted by atomic mass is 10.8. The van der Waals surface area contributed by atoms with Crippen molar-refractivity contribution in [2.75, 3.05) is 0 Å². The molecule has 0 unspecified atom stereocenters. The summed E-state index contributed by atoms with van der Waals surface area (Å²) >= 11 is 2.09. The van der Waals surface area contributed by atoms with Crippen LogP contribution in [-0.4, -0.2) is 9.97 Å². The maximum Gasteiger partial charge on any atom is 0.119 e. The van der Waals surface area contributed by atoms with Crippen molar-refractivity contribution in [2.45, 2.75) is 0 Å². The molecule has 35 valence electrons. The topological polar surface area (TPSA) is 25.8 Å². The Labute approximate surface area is 55.1 Å². The van der Waals surface area contributed by atoms with E-state index in [2.05, 4.69) is 38.8 Å². The highest BCUT2D eigenvalue weighted by Gasteiger charge is 1.77. The summed E-state index contributed by atoms with van der Waals surface area (Å²) in [6.45, 7) is 0. The van der Waals surface area contributed by atoms with Crippen molar-refractivity contribution in [3.05, 3.63) is 22.3 Å². The largest absolute Gasteiger partial charge is 0.250 e. The Morgan fingerprint density at radius 3 is 2.86 bits per heavy atom. The van der Waals surface area contributed by atoms with E-state index in [-0.39, 0.29) is 0 Å². The molecule has 1 radical (unpaired) electrons. The molecule has 1 heterocycles. The molecule has 1 aromatic heterocycles. The molecule has 0 spiro atoms. The molecule has 0 atom stereocenters. The smallest absolute Gasteiger partial charge is 0.119 e. The highest BCUT2D eigenvalue weighted by atomic mass is 127. The molecule has 0 amide bonds. The molecular weight excluding hydrogens is 203 g/mol. The number of hydrogen-bond acceptors (Lipinski definition) is 2. The third-order valence-corrected chi connectivity index (χ3v) is 1.05. The molecule has 0 fully saturated rings. The second-order valence-electron chi connectivity index (χ2n) is 0.968. The van der Waals surface area contributed by atoms with Crippen LogP contribution in [0.25, 0.3) is 0 Å². The summed E-state index contributed by atoms with van der Waals surface area (Å²) in [5.74, 6) is 0. The molecule has 0 saturated carbocycles. The van der Waals surface area contributed by atoms with Gasteiger partial charge in [-0.1, -0.05) is 0 Å². The summed E-state index contributed by atoms with van der Waals surface area (Å²) in [5.41, 5.74) is 0.